The van der Waals surface area contributed by atoms with Crippen molar-refractivity contribution < 1.29 is 9.21 Å². The third-order valence-corrected chi connectivity index (χ3v) is 2.94. The Bertz CT molecular complexity index is 573. The lowest BCUT2D eigenvalue weighted by Gasteiger charge is -2.08. The van der Waals surface area contributed by atoms with Crippen LogP contribution in [-0.4, -0.2) is 5.91 Å². The monoisotopic (exact) mass is 244 g/mol. The van der Waals surface area contributed by atoms with E-state index in [9.17, 15) is 4.79 Å². The van der Waals surface area contributed by atoms with E-state index in [1.807, 2.05) is 32.0 Å². The predicted molar refractivity (Wildman–Crippen MR) is 70.5 cm³/mol. The number of amides is 1. The van der Waals surface area contributed by atoms with E-state index in [2.05, 4.69) is 5.32 Å². The fraction of sp³-hybridized carbons (Fsp3) is 0.214. The summed E-state index contributed by atoms with van der Waals surface area (Å²) in [6.07, 6.45) is 0. The molecule has 1 heterocycles. The number of nitrogens with one attached hydrogen (secondary N) is 1. The van der Waals surface area contributed by atoms with E-state index < -0.39 is 0 Å². The summed E-state index contributed by atoms with van der Waals surface area (Å²) in [5.74, 6) is 0.612. The molecule has 1 aromatic heterocycles. The van der Waals surface area contributed by atoms with E-state index in [1.54, 1.807) is 12.1 Å². The number of hydrogen-bond acceptors (Lipinski definition) is 3. The Morgan fingerprint density at radius 1 is 1.28 bits per heavy atom. The Morgan fingerprint density at radius 2 is 2.06 bits per heavy atom. The maximum absolute atomic E-state index is 12.0. The normalized spacial score (nSPS) is 10.4. The summed E-state index contributed by atoms with van der Waals surface area (Å²) in [7, 11) is 0. The van der Waals surface area contributed by atoms with E-state index in [0.29, 0.717) is 5.76 Å². The molecule has 4 heteroatoms. The van der Waals surface area contributed by atoms with Crippen LogP contribution in [0.15, 0.2) is 34.7 Å². The molecule has 1 amide bonds. The zero-order valence-corrected chi connectivity index (χ0v) is 10.5. The smallest absolute Gasteiger partial charge is 0.291 e. The molecule has 0 aliphatic rings. The van der Waals surface area contributed by atoms with Gasteiger partial charge >= 0.3 is 0 Å². The molecule has 0 bridgehead atoms. The minimum Gasteiger partial charge on any atom is -0.455 e. The summed E-state index contributed by atoms with van der Waals surface area (Å²) >= 11 is 0. The van der Waals surface area contributed by atoms with E-state index in [0.717, 1.165) is 16.8 Å². The molecule has 4 nitrogen and oxygen atoms in total. The van der Waals surface area contributed by atoms with Gasteiger partial charge in [0.2, 0.25) is 0 Å². The first-order valence-corrected chi connectivity index (χ1v) is 5.78. The quantitative estimate of drug-likeness (QED) is 0.872. The lowest BCUT2D eigenvalue weighted by atomic mass is 10.1. The Hall–Kier alpha value is -2.07. The number of furan rings is 1. The van der Waals surface area contributed by atoms with Crippen LogP contribution in [0, 0.1) is 13.8 Å². The van der Waals surface area contributed by atoms with Gasteiger partial charge < -0.3 is 15.5 Å². The molecule has 18 heavy (non-hydrogen) atoms. The summed E-state index contributed by atoms with van der Waals surface area (Å²) < 4.78 is 5.30. The van der Waals surface area contributed by atoms with Crippen LogP contribution in [0.4, 0.5) is 5.69 Å². The van der Waals surface area contributed by atoms with Crippen LogP contribution in [0.5, 0.6) is 0 Å². The third kappa shape index (κ3) is 2.43. The van der Waals surface area contributed by atoms with Gasteiger partial charge in [-0.2, -0.15) is 0 Å². The maximum atomic E-state index is 12.0. The Kier molecular flexibility index (Phi) is 3.48. The van der Waals surface area contributed by atoms with Crippen molar-refractivity contribution in [1.82, 2.24) is 0 Å². The van der Waals surface area contributed by atoms with Crippen LogP contribution in [0.25, 0.3) is 0 Å². The topological polar surface area (TPSA) is 68.3 Å². The zero-order chi connectivity index (χ0) is 13.1. The first kappa shape index (κ1) is 12.4. The Labute approximate surface area is 106 Å². The van der Waals surface area contributed by atoms with Crippen molar-refractivity contribution in [2.75, 3.05) is 5.32 Å². The van der Waals surface area contributed by atoms with Gasteiger partial charge in [-0.25, -0.2) is 0 Å². The fourth-order valence-electron chi connectivity index (χ4n) is 1.68. The average molecular weight is 244 g/mol. The molecule has 0 radical (unpaired) electrons. The summed E-state index contributed by atoms with van der Waals surface area (Å²) in [4.78, 5) is 12.0. The second-order valence-electron chi connectivity index (χ2n) is 4.17. The number of rotatable bonds is 3. The van der Waals surface area contributed by atoms with Crippen LogP contribution in [0.1, 0.15) is 27.4 Å². The van der Waals surface area contributed by atoms with Crippen molar-refractivity contribution in [2.45, 2.75) is 20.4 Å². The highest BCUT2D eigenvalue weighted by Crippen LogP contribution is 2.19. The van der Waals surface area contributed by atoms with Crippen LogP contribution >= 0.6 is 0 Å². The van der Waals surface area contributed by atoms with Crippen LogP contribution in [0.2, 0.25) is 0 Å². The number of hydrogen-bond donors (Lipinski definition) is 2. The molecule has 94 valence electrons. The molecular weight excluding hydrogens is 228 g/mol. The van der Waals surface area contributed by atoms with Gasteiger partial charge in [0, 0.05) is 5.69 Å². The number of carbonyl (C=O) groups excluding carboxylic acids is 1. The number of aryl methyl sites for hydroxylation is 1. The number of anilines is 1. The fourth-order valence-corrected chi connectivity index (χ4v) is 1.68. The van der Waals surface area contributed by atoms with Gasteiger partial charge in [-0.3, -0.25) is 4.79 Å². The van der Waals surface area contributed by atoms with Crippen molar-refractivity contribution in [2.24, 2.45) is 5.73 Å². The maximum Gasteiger partial charge on any atom is 0.291 e. The van der Waals surface area contributed by atoms with Crippen molar-refractivity contribution >= 4 is 11.6 Å². The van der Waals surface area contributed by atoms with Crippen LogP contribution < -0.4 is 11.1 Å². The molecular formula is C14H16N2O2. The second-order valence-corrected chi connectivity index (χ2v) is 4.17. The molecule has 0 spiro atoms. The lowest BCUT2D eigenvalue weighted by molar-refractivity contribution is 0.0995. The van der Waals surface area contributed by atoms with Crippen molar-refractivity contribution in [3.63, 3.8) is 0 Å². The second kappa shape index (κ2) is 5.06. The lowest BCUT2D eigenvalue weighted by Crippen LogP contribution is -2.12. The van der Waals surface area contributed by atoms with E-state index in [1.165, 1.54) is 0 Å². The van der Waals surface area contributed by atoms with Gasteiger partial charge in [0.25, 0.3) is 5.91 Å². The van der Waals surface area contributed by atoms with Gasteiger partial charge in [-0.1, -0.05) is 12.1 Å². The van der Waals surface area contributed by atoms with E-state index >= 15 is 0 Å². The van der Waals surface area contributed by atoms with Crippen LogP contribution in [-0.2, 0) is 6.54 Å². The average Bonchev–Trinajstić information content (AvgIpc) is 2.83. The van der Waals surface area contributed by atoms with Crippen LogP contribution in [0.3, 0.4) is 0 Å². The van der Waals surface area contributed by atoms with Crippen molar-refractivity contribution in [3.05, 3.63) is 53.0 Å². The molecule has 1 aromatic carbocycles. The highest BCUT2D eigenvalue weighted by atomic mass is 16.4. The molecule has 0 aliphatic carbocycles. The summed E-state index contributed by atoms with van der Waals surface area (Å²) in [6, 6.07) is 9.11. The minimum atomic E-state index is -0.261. The molecule has 0 unspecified atom stereocenters. The van der Waals surface area contributed by atoms with E-state index in [-0.39, 0.29) is 18.2 Å². The molecule has 0 saturated heterocycles. The zero-order valence-electron chi connectivity index (χ0n) is 10.5. The summed E-state index contributed by atoms with van der Waals surface area (Å²) in [5.41, 5.74) is 8.42. The molecule has 2 aromatic rings. The number of carbonyl (C=O) groups is 1. The standard InChI is InChI=1S/C14H16N2O2/c1-9-4-3-5-12(10(9)2)16-14(17)13-7-6-11(8-15)18-13/h3-7H,8,15H2,1-2H3,(H,16,17). The van der Waals surface area contributed by atoms with E-state index in [4.69, 9.17) is 10.2 Å². The molecule has 3 N–H and O–H groups in total. The van der Waals surface area contributed by atoms with Gasteiger partial charge in [0.05, 0.1) is 6.54 Å². The summed E-state index contributed by atoms with van der Waals surface area (Å²) in [6.45, 7) is 4.26. The summed E-state index contributed by atoms with van der Waals surface area (Å²) in [5, 5.41) is 2.83. The number of nitrogens with two attached hydrogens (primary N) is 1. The highest BCUT2D eigenvalue weighted by molar-refractivity contribution is 6.02. The molecule has 0 aliphatic heterocycles. The molecule has 2 rings (SSSR count). The molecule has 0 saturated carbocycles. The van der Waals surface area contributed by atoms with Gasteiger partial charge in [-0.05, 0) is 43.2 Å². The first-order valence-electron chi connectivity index (χ1n) is 5.78. The minimum absolute atomic E-state index is 0.261. The highest BCUT2D eigenvalue weighted by Gasteiger charge is 2.12. The number of benzene rings is 1. The van der Waals surface area contributed by atoms with Gasteiger partial charge in [0.1, 0.15) is 5.76 Å². The predicted octanol–water partition coefficient (Wildman–Crippen LogP) is 2.61. The van der Waals surface area contributed by atoms with Crippen molar-refractivity contribution in [1.29, 1.82) is 0 Å². The molecule has 0 fully saturated rings. The Balaban J connectivity index is 2.18. The van der Waals surface area contributed by atoms with Gasteiger partial charge in [-0.15, -0.1) is 0 Å². The van der Waals surface area contributed by atoms with Gasteiger partial charge in [0.15, 0.2) is 5.76 Å². The Morgan fingerprint density at radius 3 is 2.72 bits per heavy atom. The van der Waals surface area contributed by atoms with Crippen molar-refractivity contribution in [3.8, 4) is 0 Å². The SMILES string of the molecule is Cc1cccc(NC(=O)c2ccc(CN)o2)c1C. The first-order chi connectivity index (χ1) is 8.61. The third-order valence-electron chi connectivity index (χ3n) is 2.94. The molecule has 0 atom stereocenters. The largest absolute Gasteiger partial charge is 0.455 e.